The van der Waals surface area contributed by atoms with Crippen LogP contribution in [0, 0.1) is 11.8 Å². The fourth-order valence-corrected chi connectivity index (χ4v) is 7.09. The molecule has 56 heavy (non-hydrogen) atoms. The van der Waals surface area contributed by atoms with Gasteiger partial charge in [-0.15, -0.1) is 0 Å². The number of carbonyl (C=O) groups excluding carboxylic acids is 10. The van der Waals surface area contributed by atoms with Crippen LogP contribution in [0.4, 0.5) is 0 Å². The smallest absolute Gasteiger partial charge is 0.246 e. The molecule has 0 aromatic rings. The monoisotopic (exact) mass is 828 g/mol. The van der Waals surface area contributed by atoms with Gasteiger partial charge in [0, 0.05) is 18.1 Å². The first-order chi connectivity index (χ1) is 26.2. The van der Waals surface area contributed by atoms with Crippen LogP contribution in [0.5, 0.6) is 0 Å². The standard InChI is InChI=1S/C34H56N10O10S2/c1-6-16(4)26-32(52)38-17(5)27(47)39-19(11-24(36)45)29(49)40-20(12-25(37)46)33(53)44-9-7-8-23(44)31(51)41-21(10-15(2)3)34(54)56-14-18(35)28(48)42-22(13-55)30(50)43-26/h15-23,26,55H,6-14,35H2,1-5H3,(H2,36,45)(H2,37,46)(H,38,52)(H,39,47)(H,40,49)(H,41,51)(H,42,48)(H,43,50)/t16-,17-,18-,19-,20?,21-,22?,23-,26-/m0/s1. The van der Waals surface area contributed by atoms with Crippen molar-refractivity contribution in [1.82, 2.24) is 36.8 Å². The minimum Gasteiger partial charge on any atom is -0.370 e. The van der Waals surface area contributed by atoms with Crippen LogP contribution in [0.2, 0.25) is 0 Å². The van der Waals surface area contributed by atoms with Crippen molar-refractivity contribution >= 4 is 82.7 Å². The number of thioether (sulfide) groups is 1. The molecule has 9 atom stereocenters. The Bertz CT molecular complexity index is 1520. The van der Waals surface area contributed by atoms with E-state index in [9.17, 15) is 47.9 Å². The number of nitrogens with two attached hydrogens (primary N) is 3. The van der Waals surface area contributed by atoms with E-state index in [-0.39, 0.29) is 36.8 Å². The molecule has 12 N–H and O–H groups in total. The zero-order valence-electron chi connectivity index (χ0n) is 32.3. The minimum absolute atomic E-state index is 0.0461. The molecule has 2 saturated heterocycles. The van der Waals surface area contributed by atoms with Gasteiger partial charge in [0.15, 0.2) is 0 Å². The zero-order chi connectivity index (χ0) is 42.4. The van der Waals surface area contributed by atoms with E-state index in [1.807, 2.05) is 13.8 Å². The molecule has 0 aromatic carbocycles. The lowest BCUT2D eigenvalue weighted by Crippen LogP contribution is -2.61. The molecule has 22 heteroatoms. The van der Waals surface area contributed by atoms with Crippen molar-refractivity contribution in [2.24, 2.45) is 29.0 Å². The molecule has 0 radical (unpaired) electrons. The number of carbonyl (C=O) groups is 10. The highest BCUT2D eigenvalue weighted by atomic mass is 32.2. The van der Waals surface area contributed by atoms with Crippen molar-refractivity contribution in [2.75, 3.05) is 18.1 Å². The van der Waals surface area contributed by atoms with Crippen molar-refractivity contribution < 1.29 is 47.9 Å². The number of hydrogen-bond donors (Lipinski definition) is 10. The van der Waals surface area contributed by atoms with E-state index in [2.05, 4.69) is 44.5 Å². The lowest BCUT2D eigenvalue weighted by Gasteiger charge is -2.30. The van der Waals surface area contributed by atoms with Crippen molar-refractivity contribution in [2.45, 2.75) is 121 Å². The predicted molar refractivity (Wildman–Crippen MR) is 208 cm³/mol. The van der Waals surface area contributed by atoms with Crippen LogP contribution in [0.1, 0.15) is 73.1 Å². The van der Waals surface area contributed by atoms with E-state index in [0.717, 1.165) is 4.90 Å². The third-order valence-electron chi connectivity index (χ3n) is 9.31. The first-order valence-corrected chi connectivity index (χ1v) is 20.0. The fraction of sp³-hybridized carbons (Fsp3) is 0.706. The molecular weight excluding hydrogens is 773 g/mol. The van der Waals surface area contributed by atoms with Gasteiger partial charge in [-0.05, 0) is 38.0 Å². The Morgan fingerprint density at radius 2 is 1.32 bits per heavy atom. The summed E-state index contributed by atoms with van der Waals surface area (Å²) in [4.78, 5) is 133. The summed E-state index contributed by atoms with van der Waals surface area (Å²) in [5.41, 5.74) is 16.9. The largest absolute Gasteiger partial charge is 0.370 e. The highest BCUT2D eigenvalue weighted by Crippen LogP contribution is 2.22. The van der Waals surface area contributed by atoms with E-state index in [1.165, 1.54) is 6.92 Å². The number of fused-ring (bicyclic) bond motifs is 1. The van der Waals surface area contributed by atoms with Crippen LogP contribution >= 0.6 is 24.4 Å². The molecule has 2 heterocycles. The van der Waals surface area contributed by atoms with Crippen LogP contribution < -0.4 is 49.1 Å². The van der Waals surface area contributed by atoms with Gasteiger partial charge in [0.25, 0.3) is 0 Å². The number of primary amides is 2. The maximum absolute atomic E-state index is 13.9. The Kier molecular flexibility index (Phi) is 19.0. The molecule has 2 unspecified atom stereocenters. The van der Waals surface area contributed by atoms with Crippen LogP contribution in [0.25, 0.3) is 0 Å². The van der Waals surface area contributed by atoms with Crippen molar-refractivity contribution in [3.8, 4) is 0 Å². The van der Waals surface area contributed by atoms with Gasteiger partial charge >= 0.3 is 0 Å². The zero-order valence-corrected chi connectivity index (χ0v) is 34.0. The van der Waals surface area contributed by atoms with Crippen LogP contribution in [0.15, 0.2) is 0 Å². The maximum Gasteiger partial charge on any atom is 0.246 e. The van der Waals surface area contributed by atoms with Crippen molar-refractivity contribution in [3.63, 3.8) is 0 Å². The second-order valence-corrected chi connectivity index (χ2v) is 15.8. The Morgan fingerprint density at radius 1 is 0.768 bits per heavy atom. The average molecular weight is 829 g/mol. The quantitative estimate of drug-likeness (QED) is 0.100. The Labute approximate surface area is 335 Å². The number of rotatable bonds is 9. The summed E-state index contributed by atoms with van der Waals surface area (Å²) in [5.74, 6) is -8.96. The minimum atomic E-state index is -1.69. The highest BCUT2D eigenvalue weighted by molar-refractivity contribution is 8.13. The van der Waals surface area contributed by atoms with Gasteiger partial charge in [-0.2, -0.15) is 12.6 Å². The number of amides is 9. The Hall–Kier alpha value is -4.44. The lowest BCUT2D eigenvalue weighted by molar-refractivity contribution is -0.143. The van der Waals surface area contributed by atoms with Crippen LogP contribution in [-0.2, 0) is 47.9 Å². The molecule has 0 aromatic heterocycles. The number of thiol groups is 1. The summed E-state index contributed by atoms with van der Waals surface area (Å²) in [7, 11) is 0. The molecule has 2 fully saturated rings. The molecule has 0 saturated carbocycles. The molecule has 9 amide bonds. The van der Waals surface area contributed by atoms with Crippen molar-refractivity contribution in [3.05, 3.63) is 0 Å². The van der Waals surface area contributed by atoms with Crippen LogP contribution in [0.3, 0.4) is 0 Å². The van der Waals surface area contributed by atoms with E-state index < -0.39 is 125 Å². The molecule has 2 aliphatic heterocycles. The summed E-state index contributed by atoms with van der Waals surface area (Å²) in [5, 5.41) is 14.4. The molecule has 0 aliphatic carbocycles. The van der Waals surface area contributed by atoms with Gasteiger partial charge in [0.2, 0.25) is 58.3 Å². The molecule has 2 aliphatic rings. The van der Waals surface area contributed by atoms with Gasteiger partial charge in [0.05, 0.1) is 24.9 Å². The highest BCUT2D eigenvalue weighted by Gasteiger charge is 2.41. The Morgan fingerprint density at radius 3 is 1.89 bits per heavy atom. The molecule has 314 valence electrons. The summed E-state index contributed by atoms with van der Waals surface area (Å²) < 4.78 is 0. The van der Waals surface area contributed by atoms with E-state index in [1.54, 1.807) is 13.8 Å². The molecule has 0 bridgehead atoms. The number of nitrogens with zero attached hydrogens (tertiary/aromatic N) is 1. The second-order valence-electron chi connectivity index (χ2n) is 14.4. The average Bonchev–Trinajstić information content (AvgIpc) is 3.62. The van der Waals surface area contributed by atoms with Gasteiger partial charge in [-0.25, -0.2) is 0 Å². The van der Waals surface area contributed by atoms with Crippen molar-refractivity contribution in [1.29, 1.82) is 0 Å². The molecule has 0 spiro atoms. The summed E-state index contributed by atoms with van der Waals surface area (Å²) in [6.07, 6.45) is -0.338. The summed E-state index contributed by atoms with van der Waals surface area (Å²) in [6, 6.07) is -10.6. The first-order valence-electron chi connectivity index (χ1n) is 18.4. The first kappa shape index (κ1) is 47.7. The number of nitrogens with one attached hydrogen (secondary N) is 6. The van der Waals surface area contributed by atoms with Crippen LogP contribution in [-0.4, -0.2) is 130 Å². The van der Waals surface area contributed by atoms with Gasteiger partial charge in [0.1, 0.15) is 36.3 Å². The second kappa shape index (κ2) is 22.3. The molecule has 20 nitrogen and oxygen atoms in total. The topological polar surface area (TPSA) is 324 Å². The summed E-state index contributed by atoms with van der Waals surface area (Å²) in [6.45, 7) is 8.40. The van der Waals surface area contributed by atoms with Gasteiger partial charge < -0.3 is 54.0 Å². The predicted octanol–water partition coefficient (Wildman–Crippen LogP) is -3.72. The molecule has 2 rings (SSSR count). The summed E-state index contributed by atoms with van der Waals surface area (Å²) >= 11 is 4.88. The van der Waals surface area contributed by atoms with Gasteiger partial charge in [-0.3, -0.25) is 47.9 Å². The fourth-order valence-electron chi connectivity index (χ4n) is 5.98. The van der Waals surface area contributed by atoms with E-state index >= 15 is 0 Å². The normalized spacial score (nSPS) is 29.0. The third-order valence-corrected chi connectivity index (χ3v) is 10.8. The maximum atomic E-state index is 13.9. The number of hydrogen-bond acceptors (Lipinski definition) is 13. The Balaban J connectivity index is 2.58. The van der Waals surface area contributed by atoms with Gasteiger partial charge in [-0.1, -0.05) is 45.9 Å². The third kappa shape index (κ3) is 14.3. The molecular formula is C34H56N10O10S2. The lowest BCUT2D eigenvalue weighted by atomic mass is 9.97. The van der Waals surface area contributed by atoms with E-state index in [0.29, 0.717) is 24.6 Å². The SMILES string of the molecule is CC[C@H](C)[C@@H]1NC(=O)C(CS)NC(=O)[C@@H](N)CSC(=O)[C@H](CC(C)C)NC(=O)[C@@H]2CCCN2C(=O)C(CC(N)=O)NC(=O)[C@H](CC(N)=O)NC(=O)[C@H](C)NC1=O. The van der Waals surface area contributed by atoms with E-state index in [4.69, 9.17) is 17.2 Å².